The Bertz CT molecular complexity index is 651. The van der Waals surface area contributed by atoms with Crippen molar-refractivity contribution in [2.45, 2.75) is 45.8 Å². The number of alkyl halides is 3. The minimum atomic E-state index is -4.18. The SMILES string of the molecule is Cc1cc(C)n(C(C)CNc2nccc(CCC(F)(F)F)n2)n1. The number of halogens is 3. The molecule has 23 heavy (non-hydrogen) atoms. The van der Waals surface area contributed by atoms with Crippen molar-refractivity contribution in [1.82, 2.24) is 19.7 Å². The van der Waals surface area contributed by atoms with E-state index in [-0.39, 0.29) is 12.5 Å². The average molecular weight is 327 g/mol. The van der Waals surface area contributed by atoms with Crippen LogP contribution < -0.4 is 5.32 Å². The van der Waals surface area contributed by atoms with E-state index in [1.807, 2.05) is 31.5 Å². The van der Waals surface area contributed by atoms with Gasteiger partial charge in [-0.1, -0.05) is 0 Å². The van der Waals surface area contributed by atoms with Gasteiger partial charge in [-0.15, -0.1) is 0 Å². The monoisotopic (exact) mass is 327 g/mol. The summed E-state index contributed by atoms with van der Waals surface area (Å²) in [5.41, 5.74) is 2.37. The quantitative estimate of drug-likeness (QED) is 0.883. The van der Waals surface area contributed by atoms with Crippen molar-refractivity contribution in [3.05, 3.63) is 35.4 Å². The van der Waals surface area contributed by atoms with E-state index in [1.54, 1.807) is 0 Å². The Balaban J connectivity index is 1.94. The van der Waals surface area contributed by atoms with Crippen LogP contribution in [0.3, 0.4) is 0 Å². The molecule has 0 aliphatic heterocycles. The summed E-state index contributed by atoms with van der Waals surface area (Å²) < 4.78 is 38.7. The molecule has 1 atom stereocenters. The van der Waals surface area contributed by atoms with E-state index in [9.17, 15) is 13.2 Å². The zero-order valence-corrected chi connectivity index (χ0v) is 13.4. The van der Waals surface area contributed by atoms with Gasteiger partial charge in [-0.05, 0) is 39.3 Å². The van der Waals surface area contributed by atoms with Gasteiger partial charge in [-0.3, -0.25) is 4.68 Å². The lowest BCUT2D eigenvalue weighted by Crippen LogP contribution is -2.19. The lowest BCUT2D eigenvalue weighted by Gasteiger charge is -2.15. The Labute approximate surface area is 133 Å². The Kier molecular flexibility index (Phi) is 5.23. The van der Waals surface area contributed by atoms with Crippen molar-refractivity contribution in [3.8, 4) is 0 Å². The zero-order chi connectivity index (χ0) is 17.0. The first kappa shape index (κ1) is 17.2. The fraction of sp³-hybridized carbons (Fsp3) is 0.533. The molecule has 8 heteroatoms. The molecule has 1 N–H and O–H groups in total. The van der Waals surface area contributed by atoms with Crippen LogP contribution in [-0.2, 0) is 6.42 Å². The summed E-state index contributed by atoms with van der Waals surface area (Å²) >= 11 is 0. The van der Waals surface area contributed by atoms with Crippen LogP contribution in [0.25, 0.3) is 0 Å². The number of hydrogen-bond donors (Lipinski definition) is 1. The molecule has 0 radical (unpaired) electrons. The number of nitrogens with zero attached hydrogens (tertiary/aromatic N) is 4. The van der Waals surface area contributed by atoms with Crippen LogP contribution in [0.4, 0.5) is 19.1 Å². The molecule has 0 aromatic carbocycles. The maximum absolute atomic E-state index is 12.3. The molecule has 2 heterocycles. The molecule has 0 aliphatic carbocycles. The third-order valence-corrected chi connectivity index (χ3v) is 3.40. The molecule has 0 bridgehead atoms. The first-order valence-electron chi connectivity index (χ1n) is 7.40. The van der Waals surface area contributed by atoms with Gasteiger partial charge in [-0.2, -0.15) is 18.3 Å². The van der Waals surface area contributed by atoms with E-state index in [0.29, 0.717) is 18.2 Å². The maximum atomic E-state index is 12.3. The zero-order valence-electron chi connectivity index (χ0n) is 13.4. The van der Waals surface area contributed by atoms with Crippen LogP contribution in [0.5, 0.6) is 0 Å². The van der Waals surface area contributed by atoms with Crippen LogP contribution in [0.15, 0.2) is 18.3 Å². The highest BCUT2D eigenvalue weighted by atomic mass is 19.4. The molecule has 5 nitrogen and oxygen atoms in total. The van der Waals surface area contributed by atoms with Crippen molar-refractivity contribution in [1.29, 1.82) is 0 Å². The summed E-state index contributed by atoms with van der Waals surface area (Å²) in [7, 11) is 0. The van der Waals surface area contributed by atoms with Crippen molar-refractivity contribution < 1.29 is 13.2 Å². The smallest absolute Gasteiger partial charge is 0.352 e. The van der Waals surface area contributed by atoms with Crippen LogP contribution in [0, 0.1) is 13.8 Å². The minimum Gasteiger partial charge on any atom is -0.352 e. The van der Waals surface area contributed by atoms with E-state index in [2.05, 4.69) is 20.4 Å². The Morgan fingerprint density at radius 3 is 2.65 bits per heavy atom. The van der Waals surface area contributed by atoms with Gasteiger partial charge >= 0.3 is 6.18 Å². The lowest BCUT2D eigenvalue weighted by atomic mass is 10.2. The first-order valence-corrected chi connectivity index (χ1v) is 7.40. The Hall–Kier alpha value is -2.12. The van der Waals surface area contributed by atoms with E-state index in [0.717, 1.165) is 11.4 Å². The molecule has 0 fully saturated rings. The molecule has 0 saturated carbocycles. The van der Waals surface area contributed by atoms with Crippen molar-refractivity contribution in [2.24, 2.45) is 0 Å². The number of aryl methyl sites for hydroxylation is 3. The van der Waals surface area contributed by atoms with Crippen molar-refractivity contribution in [2.75, 3.05) is 11.9 Å². The highest BCUT2D eigenvalue weighted by Gasteiger charge is 2.26. The summed E-state index contributed by atoms with van der Waals surface area (Å²) in [6, 6.07) is 3.57. The molecule has 126 valence electrons. The van der Waals surface area contributed by atoms with Gasteiger partial charge < -0.3 is 5.32 Å². The summed E-state index contributed by atoms with van der Waals surface area (Å²) in [6.07, 6.45) is -3.74. The summed E-state index contributed by atoms with van der Waals surface area (Å²) in [6.45, 7) is 6.44. The first-order chi connectivity index (χ1) is 10.7. The van der Waals surface area contributed by atoms with Crippen LogP contribution in [0.1, 0.15) is 36.5 Å². The Morgan fingerprint density at radius 2 is 2.04 bits per heavy atom. The summed E-state index contributed by atoms with van der Waals surface area (Å²) in [5.74, 6) is 0.332. The number of rotatable bonds is 6. The fourth-order valence-corrected chi connectivity index (χ4v) is 2.31. The van der Waals surface area contributed by atoms with Crippen molar-refractivity contribution in [3.63, 3.8) is 0 Å². The van der Waals surface area contributed by atoms with E-state index >= 15 is 0 Å². The highest BCUT2D eigenvalue weighted by molar-refractivity contribution is 5.25. The second kappa shape index (κ2) is 6.97. The molecule has 1 unspecified atom stereocenters. The number of aromatic nitrogens is 4. The molecule has 0 aliphatic rings. The molecule has 2 aromatic heterocycles. The lowest BCUT2D eigenvalue weighted by molar-refractivity contribution is -0.134. The molecular weight excluding hydrogens is 307 g/mol. The van der Waals surface area contributed by atoms with Gasteiger partial charge in [0.25, 0.3) is 0 Å². The topological polar surface area (TPSA) is 55.6 Å². The third-order valence-electron chi connectivity index (χ3n) is 3.40. The Morgan fingerprint density at radius 1 is 1.30 bits per heavy atom. The molecule has 2 rings (SSSR count). The van der Waals surface area contributed by atoms with E-state index in [4.69, 9.17) is 0 Å². The molecule has 0 saturated heterocycles. The summed E-state index contributed by atoms with van der Waals surface area (Å²) in [4.78, 5) is 8.16. The molecule has 0 amide bonds. The van der Waals surface area contributed by atoms with Crippen molar-refractivity contribution >= 4 is 5.95 Å². The summed E-state index contributed by atoms with van der Waals surface area (Å²) in [5, 5.41) is 7.46. The van der Waals surface area contributed by atoms with Gasteiger partial charge in [0.2, 0.25) is 5.95 Å². The van der Waals surface area contributed by atoms with Gasteiger partial charge in [0.1, 0.15) is 0 Å². The van der Waals surface area contributed by atoms with E-state index < -0.39 is 12.6 Å². The number of hydrogen-bond acceptors (Lipinski definition) is 4. The fourth-order valence-electron chi connectivity index (χ4n) is 2.31. The average Bonchev–Trinajstić information content (AvgIpc) is 2.81. The standard InChI is InChI=1S/C15H20F3N5/c1-10-8-11(2)23(22-10)12(3)9-20-14-19-7-5-13(21-14)4-6-15(16,17)18/h5,7-8,12H,4,6,9H2,1-3H3,(H,19,20,21). The second-order valence-electron chi connectivity index (χ2n) is 5.59. The number of nitrogens with one attached hydrogen (secondary N) is 1. The van der Waals surface area contributed by atoms with Crippen LogP contribution >= 0.6 is 0 Å². The molecular formula is C15H20F3N5. The van der Waals surface area contributed by atoms with E-state index in [1.165, 1.54) is 12.3 Å². The second-order valence-corrected chi connectivity index (χ2v) is 5.59. The largest absolute Gasteiger partial charge is 0.389 e. The van der Waals surface area contributed by atoms with Gasteiger partial charge in [0.05, 0.1) is 11.7 Å². The van der Waals surface area contributed by atoms with Crippen LogP contribution in [0.2, 0.25) is 0 Å². The normalized spacial score (nSPS) is 13.1. The predicted molar refractivity (Wildman–Crippen MR) is 81.3 cm³/mol. The van der Waals surface area contributed by atoms with Gasteiger partial charge in [0, 0.05) is 30.6 Å². The highest BCUT2D eigenvalue weighted by Crippen LogP contribution is 2.21. The minimum absolute atomic E-state index is 0.0751. The number of anilines is 1. The van der Waals surface area contributed by atoms with Gasteiger partial charge in [-0.25, -0.2) is 9.97 Å². The molecule has 0 spiro atoms. The van der Waals surface area contributed by atoms with Gasteiger partial charge in [0.15, 0.2) is 0 Å². The molecule has 2 aromatic rings. The third kappa shape index (κ3) is 5.22. The predicted octanol–water partition coefficient (Wildman–Crippen LogP) is 3.46. The maximum Gasteiger partial charge on any atom is 0.389 e. The van der Waals surface area contributed by atoms with Crippen LogP contribution in [-0.4, -0.2) is 32.5 Å².